The second kappa shape index (κ2) is 5.71. The summed E-state index contributed by atoms with van der Waals surface area (Å²) in [5.41, 5.74) is 7.21. The average Bonchev–Trinajstić information content (AvgIpc) is 2.43. The van der Waals surface area contributed by atoms with Gasteiger partial charge in [0.2, 0.25) is 5.91 Å². The highest BCUT2D eigenvalue weighted by molar-refractivity contribution is 6.00. The maximum absolute atomic E-state index is 11.4. The van der Waals surface area contributed by atoms with Crippen molar-refractivity contribution in [1.29, 1.82) is 0 Å². The van der Waals surface area contributed by atoms with Crippen LogP contribution >= 0.6 is 0 Å². The average molecular weight is 264 g/mol. The summed E-state index contributed by atoms with van der Waals surface area (Å²) >= 11 is 0. The van der Waals surface area contributed by atoms with Crippen molar-refractivity contribution in [1.82, 2.24) is 5.32 Å². The van der Waals surface area contributed by atoms with E-state index in [0.717, 1.165) is 36.3 Å². The molecule has 19 heavy (non-hydrogen) atoms. The Bertz CT molecular complexity index is 501. The highest BCUT2D eigenvalue weighted by Crippen LogP contribution is 2.25. The number of nitrogens with two attached hydrogens (primary N) is 1. The highest BCUT2D eigenvalue weighted by Gasteiger charge is 2.20. The van der Waals surface area contributed by atoms with Crippen LogP contribution in [0.5, 0.6) is 5.75 Å². The molecule has 2 rings (SSSR count). The van der Waals surface area contributed by atoms with Crippen molar-refractivity contribution < 1.29 is 19.4 Å². The Morgan fingerprint density at radius 2 is 2.26 bits per heavy atom. The molecule has 0 fully saturated rings. The van der Waals surface area contributed by atoms with Crippen LogP contribution < -0.4 is 15.8 Å². The van der Waals surface area contributed by atoms with Crippen LogP contribution in [-0.4, -0.2) is 29.6 Å². The lowest BCUT2D eigenvalue weighted by atomic mass is 10.0. The SMILES string of the molecule is NC(C(=O)O)C(=O)NCc1ccc2c(c1)CCCO2. The quantitative estimate of drug-likeness (QED) is 0.666. The first-order valence-electron chi connectivity index (χ1n) is 6.08. The molecule has 1 atom stereocenters. The van der Waals surface area contributed by atoms with Gasteiger partial charge in [-0.25, -0.2) is 4.79 Å². The summed E-state index contributed by atoms with van der Waals surface area (Å²) in [6.45, 7) is 0.990. The summed E-state index contributed by atoms with van der Waals surface area (Å²) in [5.74, 6) is -1.15. The zero-order valence-electron chi connectivity index (χ0n) is 10.4. The lowest BCUT2D eigenvalue weighted by molar-refractivity contribution is -0.142. The van der Waals surface area contributed by atoms with Crippen LogP contribution in [0.15, 0.2) is 18.2 Å². The Hall–Kier alpha value is -2.08. The number of hydrogen-bond acceptors (Lipinski definition) is 4. The number of aryl methyl sites for hydroxylation is 1. The minimum atomic E-state index is -1.53. The Balaban J connectivity index is 1.96. The van der Waals surface area contributed by atoms with Gasteiger partial charge in [0.15, 0.2) is 6.04 Å². The molecule has 6 nitrogen and oxygen atoms in total. The van der Waals surface area contributed by atoms with E-state index in [-0.39, 0.29) is 6.54 Å². The molecule has 4 N–H and O–H groups in total. The monoisotopic (exact) mass is 264 g/mol. The number of benzene rings is 1. The first kappa shape index (κ1) is 13.4. The summed E-state index contributed by atoms with van der Waals surface area (Å²) in [6, 6.07) is 4.14. The molecule has 0 saturated heterocycles. The molecule has 6 heteroatoms. The molecule has 1 amide bonds. The number of fused-ring (bicyclic) bond motifs is 1. The molecule has 1 aliphatic heterocycles. The van der Waals surface area contributed by atoms with E-state index in [0.29, 0.717) is 0 Å². The van der Waals surface area contributed by atoms with Gasteiger partial charge in [-0.05, 0) is 30.0 Å². The first-order valence-corrected chi connectivity index (χ1v) is 6.08. The molecule has 1 aliphatic rings. The van der Waals surface area contributed by atoms with Crippen LogP contribution in [0.4, 0.5) is 0 Å². The molecule has 102 valence electrons. The lowest BCUT2D eigenvalue weighted by Crippen LogP contribution is -2.45. The standard InChI is InChI=1S/C13H16N2O4/c14-11(13(17)18)12(16)15-7-8-3-4-10-9(6-8)2-1-5-19-10/h3-4,6,11H,1-2,5,7,14H2,(H,15,16)(H,17,18). The topological polar surface area (TPSA) is 102 Å². The largest absolute Gasteiger partial charge is 0.493 e. The molecule has 0 spiro atoms. The molecule has 0 aromatic heterocycles. The van der Waals surface area contributed by atoms with E-state index in [4.69, 9.17) is 15.6 Å². The normalized spacial score (nSPS) is 15.0. The zero-order valence-corrected chi connectivity index (χ0v) is 10.4. The summed E-state index contributed by atoms with van der Waals surface area (Å²) < 4.78 is 5.49. The number of amides is 1. The first-order chi connectivity index (χ1) is 9.08. The second-order valence-electron chi connectivity index (χ2n) is 4.43. The lowest BCUT2D eigenvalue weighted by Gasteiger charge is -2.18. The number of ether oxygens (including phenoxy) is 1. The third kappa shape index (κ3) is 3.23. The summed E-state index contributed by atoms with van der Waals surface area (Å²) in [6.07, 6.45) is 1.93. The molecule has 0 radical (unpaired) electrons. The van der Waals surface area contributed by atoms with Crippen molar-refractivity contribution >= 4 is 11.9 Å². The molecule has 1 aromatic carbocycles. The number of rotatable bonds is 4. The Labute approximate surface area is 110 Å². The predicted molar refractivity (Wildman–Crippen MR) is 67.7 cm³/mol. The highest BCUT2D eigenvalue weighted by atomic mass is 16.5. The van der Waals surface area contributed by atoms with Crippen LogP contribution in [0.2, 0.25) is 0 Å². The smallest absolute Gasteiger partial charge is 0.330 e. The van der Waals surface area contributed by atoms with Gasteiger partial charge in [-0.1, -0.05) is 12.1 Å². The van der Waals surface area contributed by atoms with E-state index in [1.807, 2.05) is 18.2 Å². The molecule has 0 saturated carbocycles. The van der Waals surface area contributed by atoms with Crippen LogP contribution in [0.3, 0.4) is 0 Å². The number of carboxylic acids is 1. The number of aliphatic carboxylic acids is 1. The Morgan fingerprint density at radius 1 is 1.47 bits per heavy atom. The molecule has 1 heterocycles. The van der Waals surface area contributed by atoms with Crippen molar-refractivity contribution in [3.8, 4) is 5.75 Å². The van der Waals surface area contributed by atoms with E-state index in [2.05, 4.69) is 5.32 Å². The molecule has 0 bridgehead atoms. The third-order valence-corrected chi connectivity index (χ3v) is 2.99. The van der Waals surface area contributed by atoms with Gasteiger partial charge in [0.1, 0.15) is 5.75 Å². The number of nitrogens with one attached hydrogen (secondary N) is 1. The number of carbonyl (C=O) groups excluding carboxylic acids is 1. The number of hydrogen-bond donors (Lipinski definition) is 3. The van der Waals surface area contributed by atoms with Crippen LogP contribution in [0.1, 0.15) is 17.5 Å². The van der Waals surface area contributed by atoms with Gasteiger partial charge in [-0.3, -0.25) is 4.79 Å². The molecule has 1 unspecified atom stereocenters. The number of carboxylic acid groups (broad SMARTS) is 1. The van der Waals surface area contributed by atoms with Crippen molar-refractivity contribution in [2.45, 2.75) is 25.4 Å². The fourth-order valence-corrected chi connectivity index (χ4v) is 1.93. The van der Waals surface area contributed by atoms with Gasteiger partial charge in [0.05, 0.1) is 6.61 Å². The maximum atomic E-state index is 11.4. The van der Waals surface area contributed by atoms with Gasteiger partial charge < -0.3 is 20.9 Å². The van der Waals surface area contributed by atoms with Crippen LogP contribution in [0, 0.1) is 0 Å². The van der Waals surface area contributed by atoms with E-state index in [1.165, 1.54) is 0 Å². The van der Waals surface area contributed by atoms with Crippen molar-refractivity contribution in [3.63, 3.8) is 0 Å². The van der Waals surface area contributed by atoms with Crippen molar-refractivity contribution in [2.75, 3.05) is 6.61 Å². The minimum absolute atomic E-state index is 0.257. The summed E-state index contributed by atoms with van der Waals surface area (Å²) in [5, 5.41) is 11.1. The van der Waals surface area contributed by atoms with Gasteiger partial charge in [-0.15, -0.1) is 0 Å². The molecular formula is C13H16N2O4. The maximum Gasteiger partial charge on any atom is 0.330 e. The van der Waals surface area contributed by atoms with Crippen molar-refractivity contribution in [2.24, 2.45) is 5.73 Å². The van der Waals surface area contributed by atoms with Crippen LogP contribution in [0.25, 0.3) is 0 Å². The van der Waals surface area contributed by atoms with E-state index < -0.39 is 17.9 Å². The van der Waals surface area contributed by atoms with Crippen molar-refractivity contribution in [3.05, 3.63) is 29.3 Å². The van der Waals surface area contributed by atoms with Crippen LogP contribution in [-0.2, 0) is 22.6 Å². The zero-order chi connectivity index (χ0) is 13.8. The van der Waals surface area contributed by atoms with Gasteiger partial charge in [0.25, 0.3) is 0 Å². The third-order valence-electron chi connectivity index (χ3n) is 2.99. The van der Waals surface area contributed by atoms with E-state index in [9.17, 15) is 9.59 Å². The van der Waals surface area contributed by atoms with Gasteiger partial charge in [-0.2, -0.15) is 0 Å². The van der Waals surface area contributed by atoms with Gasteiger partial charge >= 0.3 is 5.97 Å². The summed E-state index contributed by atoms with van der Waals surface area (Å²) in [4.78, 5) is 21.9. The molecule has 1 aromatic rings. The van der Waals surface area contributed by atoms with E-state index >= 15 is 0 Å². The Kier molecular flexibility index (Phi) is 4.01. The molecule has 0 aliphatic carbocycles. The Morgan fingerprint density at radius 3 is 3.00 bits per heavy atom. The van der Waals surface area contributed by atoms with E-state index in [1.54, 1.807) is 0 Å². The van der Waals surface area contributed by atoms with Gasteiger partial charge in [0, 0.05) is 6.54 Å². The fourth-order valence-electron chi connectivity index (χ4n) is 1.93. The summed E-state index contributed by atoms with van der Waals surface area (Å²) in [7, 11) is 0. The number of carbonyl (C=O) groups is 2. The fraction of sp³-hybridized carbons (Fsp3) is 0.385. The molecular weight excluding hydrogens is 248 g/mol. The predicted octanol–water partition coefficient (Wildman–Crippen LogP) is 0.0397. The minimum Gasteiger partial charge on any atom is -0.493 e. The second-order valence-corrected chi connectivity index (χ2v) is 4.43.